The SMILES string of the molecule is O=C(COC(=O)CCCc1ccc(N(CCCl)CCCl)cc1)NCCCCC(O)(P(=O)(O)O)P(=O)(O)O. The van der Waals surface area contributed by atoms with E-state index in [9.17, 15) is 23.8 Å². The fourth-order valence-electron chi connectivity index (χ4n) is 3.33. The molecule has 0 aromatic heterocycles. The van der Waals surface area contributed by atoms with Gasteiger partial charge in [-0.1, -0.05) is 12.1 Å². The number of anilines is 1. The molecule has 0 radical (unpaired) electrons. The van der Waals surface area contributed by atoms with Crippen molar-refractivity contribution >= 4 is 56.0 Å². The summed E-state index contributed by atoms with van der Waals surface area (Å²) in [4.78, 5) is 62.1. The summed E-state index contributed by atoms with van der Waals surface area (Å²) in [6.07, 6.45) is 0.288. The third-order valence-electron chi connectivity index (χ3n) is 5.42. The smallest absolute Gasteiger partial charge is 0.369 e. The number of aryl methyl sites for hydroxylation is 1. The molecule has 0 aliphatic carbocycles. The van der Waals surface area contributed by atoms with E-state index in [4.69, 9.17) is 47.5 Å². The number of unbranched alkanes of at least 4 members (excludes halogenated alkanes) is 1. The number of nitrogens with zero attached hydrogens (tertiary/aromatic N) is 1. The van der Waals surface area contributed by atoms with Crippen LogP contribution in [0.2, 0.25) is 0 Å². The van der Waals surface area contributed by atoms with Crippen LogP contribution >= 0.6 is 38.4 Å². The molecule has 0 aliphatic rings. The summed E-state index contributed by atoms with van der Waals surface area (Å²) in [5.41, 5.74) is 2.05. The largest absolute Gasteiger partial charge is 0.456 e. The fourth-order valence-corrected chi connectivity index (χ4v) is 5.99. The molecule has 16 heteroatoms. The molecule has 1 aromatic rings. The average molecular weight is 607 g/mol. The monoisotopic (exact) mass is 606 g/mol. The molecule has 0 saturated carbocycles. The number of amides is 1. The lowest BCUT2D eigenvalue weighted by atomic mass is 10.1. The van der Waals surface area contributed by atoms with Crippen molar-refractivity contribution in [2.24, 2.45) is 0 Å². The standard InChI is InChI=1S/C21H34Cl2N2O10P2/c22-11-14-25(15-12-23)18-8-6-17(7-9-18)4-3-5-20(27)35-16-19(26)24-13-2-1-10-21(28,36(29,30)31)37(32,33)34/h6-9,28H,1-5,10-16H2,(H,24,26)(H2,29,30,31)(H2,32,33,34). The summed E-state index contributed by atoms with van der Waals surface area (Å²) in [7, 11) is -11.0. The molecule has 0 unspecified atom stereocenters. The lowest BCUT2D eigenvalue weighted by Crippen LogP contribution is -2.31. The van der Waals surface area contributed by atoms with Gasteiger partial charge in [0.15, 0.2) is 6.61 Å². The zero-order chi connectivity index (χ0) is 28.1. The molecule has 0 aliphatic heterocycles. The number of carbonyl (C=O) groups is 2. The highest BCUT2D eigenvalue weighted by Gasteiger charge is 2.58. The zero-order valence-electron chi connectivity index (χ0n) is 20.2. The second-order valence-corrected chi connectivity index (χ2v) is 13.0. The van der Waals surface area contributed by atoms with Crippen molar-refractivity contribution in [3.63, 3.8) is 0 Å². The number of hydrogen-bond donors (Lipinski definition) is 6. The van der Waals surface area contributed by atoms with Gasteiger partial charge in [0.1, 0.15) is 0 Å². The maximum atomic E-state index is 11.9. The summed E-state index contributed by atoms with van der Waals surface area (Å²) in [6.45, 7) is 0.838. The third kappa shape index (κ3) is 11.6. The molecule has 6 N–H and O–H groups in total. The van der Waals surface area contributed by atoms with Crippen LogP contribution in [-0.2, 0) is 29.9 Å². The van der Waals surface area contributed by atoms with Crippen molar-refractivity contribution in [3.8, 4) is 0 Å². The first-order valence-corrected chi connectivity index (χ1v) is 15.8. The van der Waals surface area contributed by atoms with Crippen LogP contribution in [0.4, 0.5) is 5.69 Å². The quantitative estimate of drug-likeness (QED) is 0.0620. The minimum Gasteiger partial charge on any atom is -0.456 e. The minimum absolute atomic E-state index is 0.0159. The predicted octanol–water partition coefficient (Wildman–Crippen LogP) is 2.12. The first-order valence-electron chi connectivity index (χ1n) is 11.5. The van der Waals surface area contributed by atoms with Crippen molar-refractivity contribution in [2.75, 3.05) is 42.9 Å². The van der Waals surface area contributed by atoms with Crippen molar-refractivity contribution in [1.29, 1.82) is 0 Å². The van der Waals surface area contributed by atoms with Gasteiger partial charge in [-0.05, 0) is 49.8 Å². The summed E-state index contributed by atoms with van der Waals surface area (Å²) < 4.78 is 27.5. The van der Waals surface area contributed by atoms with Crippen molar-refractivity contribution in [1.82, 2.24) is 5.32 Å². The molecule has 0 bridgehead atoms. The maximum Gasteiger partial charge on any atom is 0.369 e. The third-order valence-corrected chi connectivity index (χ3v) is 9.63. The Hall–Kier alpha value is -1.20. The highest BCUT2D eigenvalue weighted by molar-refractivity contribution is 7.72. The second kappa shape index (κ2) is 16.0. The first kappa shape index (κ1) is 33.8. The van der Waals surface area contributed by atoms with Gasteiger partial charge in [-0.3, -0.25) is 18.7 Å². The molecule has 1 amide bonds. The Bertz CT molecular complexity index is 927. The Kier molecular flexibility index (Phi) is 14.7. The zero-order valence-corrected chi connectivity index (χ0v) is 23.5. The summed E-state index contributed by atoms with van der Waals surface area (Å²) in [5.74, 6) is -0.179. The van der Waals surface area contributed by atoms with E-state index in [2.05, 4.69) is 10.2 Å². The number of halogens is 2. The molecule has 0 spiro atoms. The molecule has 0 atom stereocenters. The van der Waals surface area contributed by atoms with Crippen molar-refractivity contribution in [3.05, 3.63) is 29.8 Å². The Morgan fingerprint density at radius 1 is 0.946 bits per heavy atom. The number of aliphatic hydroxyl groups is 1. The van der Waals surface area contributed by atoms with Crippen LogP contribution in [-0.4, -0.2) is 79.6 Å². The Morgan fingerprint density at radius 2 is 1.51 bits per heavy atom. The first-order chi connectivity index (χ1) is 17.2. The minimum atomic E-state index is -5.50. The summed E-state index contributed by atoms with van der Waals surface area (Å²) in [6, 6.07) is 7.86. The molecule has 12 nitrogen and oxygen atoms in total. The molecule has 0 saturated heterocycles. The van der Waals surface area contributed by atoms with Gasteiger partial charge in [0.25, 0.3) is 11.0 Å². The van der Waals surface area contributed by atoms with Crippen LogP contribution in [0.1, 0.15) is 37.7 Å². The van der Waals surface area contributed by atoms with E-state index in [1.165, 1.54) is 0 Å². The Balaban J connectivity index is 2.29. The molecular weight excluding hydrogens is 573 g/mol. The number of esters is 1. The van der Waals surface area contributed by atoms with E-state index in [0.717, 1.165) is 11.3 Å². The van der Waals surface area contributed by atoms with Crippen molar-refractivity contribution in [2.45, 2.75) is 43.6 Å². The van der Waals surface area contributed by atoms with Gasteiger partial charge in [-0.2, -0.15) is 0 Å². The van der Waals surface area contributed by atoms with Gasteiger partial charge in [-0.15, -0.1) is 23.2 Å². The molecule has 1 aromatic carbocycles. The lowest BCUT2D eigenvalue weighted by Gasteiger charge is -2.29. The number of alkyl halides is 2. The van der Waals surface area contributed by atoms with Crippen LogP contribution in [0.15, 0.2) is 24.3 Å². The van der Waals surface area contributed by atoms with E-state index < -0.39 is 45.2 Å². The highest BCUT2D eigenvalue weighted by atomic mass is 35.5. The lowest BCUT2D eigenvalue weighted by molar-refractivity contribution is -0.148. The van der Waals surface area contributed by atoms with Gasteiger partial charge in [-0.25, -0.2) is 0 Å². The Labute approximate surface area is 225 Å². The molecular formula is C21H34Cl2N2O10P2. The average Bonchev–Trinajstić information content (AvgIpc) is 2.81. The number of ether oxygens (including phenoxy) is 1. The summed E-state index contributed by atoms with van der Waals surface area (Å²) in [5, 5.41) is 8.71. The van der Waals surface area contributed by atoms with Gasteiger partial charge in [0, 0.05) is 43.5 Å². The number of benzene rings is 1. The topological polar surface area (TPSA) is 194 Å². The molecule has 37 heavy (non-hydrogen) atoms. The fraction of sp³-hybridized carbons (Fsp3) is 0.619. The maximum absolute atomic E-state index is 11.9. The highest BCUT2D eigenvalue weighted by Crippen LogP contribution is 2.69. The van der Waals surface area contributed by atoms with E-state index in [-0.39, 0.29) is 25.8 Å². The molecule has 212 valence electrons. The molecule has 0 fully saturated rings. The van der Waals surface area contributed by atoms with Crippen LogP contribution in [0.25, 0.3) is 0 Å². The van der Waals surface area contributed by atoms with E-state index in [1.54, 1.807) is 0 Å². The summed E-state index contributed by atoms with van der Waals surface area (Å²) >= 11 is 11.7. The molecule has 0 heterocycles. The molecule has 1 rings (SSSR count). The van der Waals surface area contributed by atoms with E-state index in [0.29, 0.717) is 37.7 Å². The van der Waals surface area contributed by atoms with Gasteiger partial charge >= 0.3 is 21.2 Å². The van der Waals surface area contributed by atoms with Crippen LogP contribution in [0.5, 0.6) is 0 Å². The van der Waals surface area contributed by atoms with Crippen LogP contribution in [0.3, 0.4) is 0 Å². The van der Waals surface area contributed by atoms with Crippen molar-refractivity contribution < 1.29 is 48.1 Å². The van der Waals surface area contributed by atoms with E-state index in [1.807, 2.05) is 24.3 Å². The Morgan fingerprint density at radius 3 is 2.03 bits per heavy atom. The predicted molar refractivity (Wildman–Crippen MR) is 140 cm³/mol. The van der Waals surface area contributed by atoms with Gasteiger partial charge in [0.05, 0.1) is 0 Å². The van der Waals surface area contributed by atoms with Crippen LogP contribution < -0.4 is 10.2 Å². The number of carbonyl (C=O) groups excluding carboxylic acids is 2. The number of nitrogens with one attached hydrogen (secondary N) is 1. The van der Waals surface area contributed by atoms with E-state index >= 15 is 0 Å². The van der Waals surface area contributed by atoms with Crippen LogP contribution in [0, 0.1) is 0 Å². The van der Waals surface area contributed by atoms with Gasteiger partial charge < -0.3 is 39.6 Å². The van der Waals surface area contributed by atoms with Gasteiger partial charge in [0.2, 0.25) is 0 Å². The number of hydrogen-bond acceptors (Lipinski definition) is 7. The normalized spacial score (nSPS) is 12.3. The number of rotatable bonds is 18. The second-order valence-electron chi connectivity index (χ2n) is 8.22.